The Hall–Kier alpha value is -0.650. The van der Waals surface area contributed by atoms with Gasteiger partial charge in [0.05, 0.1) is 18.8 Å². The molecule has 106 valence electrons. The van der Waals surface area contributed by atoms with Crippen LogP contribution in [0, 0.1) is 0 Å². The lowest BCUT2D eigenvalue weighted by atomic mass is 10.2. The van der Waals surface area contributed by atoms with Gasteiger partial charge in [-0.15, -0.1) is 0 Å². The highest BCUT2D eigenvalue weighted by Gasteiger charge is 2.22. The molecule has 1 amide bonds. The molecule has 0 radical (unpaired) electrons. The van der Waals surface area contributed by atoms with Crippen LogP contribution in [0.4, 0.5) is 0 Å². The van der Waals surface area contributed by atoms with Crippen LogP contribution in [-0.4, -0.2) is 66.7 Å². The smallest absolute Gasteiger partial charge is 0.231 e. The Balaban J connectivity index is 2.39. The summed E-state index contributed by atoms with van der Waals surface area (Å²) in [5.74, 6) is -0.257. The topological polar surface area (TPSA) is 58.8 Å². The van der Waals surface area contributed by atoms with Crippen LogP contribution < -0.4 is 5.73 Å². The van der Waals surface area contributed by atoms with Crippen LogP contribution in [0.25, 0.3) is 0 Å². The van der Waals surface area contributed by atoms with Crippen molar-refractivity contribution in [3.8, 4) is 0 Å². The number of carbonyl (C=O) groups excluding carboxylic acids is 1. The van der Waals surface area contributed by atoms with Crippen LogP contribution in [-0.2, 0) is 9.53 Å². The van der Waals surface area contributed by atoms with Crippen molar-refractivity contribution >= 4 is 5.91 Å². The van der Waals surface area contributed by atoms with Crippen LogP contribution in [0.1, 0.15) is 27.7 Å². The third-order valence-electron chi connectivity index (χ3n) is 3.29. The van der Waals surface area contributed by atoms with Gasteiger partial charge in [0, 0.05) is 32.2 Å². The SMILES string of the molecule is CC1CN(CCN(CC(N)=O)C(C)C)CC(C)O1. The lowest BCUT2D eigenvalue weighted by Gasteiger charge is -2.37. The second-order valence-corrected chi connectivity index (χ2v) is 5.55. The molecule has 0 aromatic heterocycles. The van der Waals surface area contributed by atoms with Crippen LogP contribution in [0.2, 0.25) is 0 Å². The van der Waals surface area contributed by atoms with Crippen LogP contribution >= 0.6 is 0 Å². The van der Waals surface area contributed by atoms with Gasteiger partial charge in [0.1, 0.15) is 0 Å². The summed E-state index contributed by atoms with van der Waals surface area (Å²) in [7, 11) is 0. The van der Waals surface area contributed by atoms with Crippen molar-refractivity contribution in [2.24, 2.45) is 5.73 Å². The van der Waals surface area contributed by atoms with E-state index in [0.29, 0.717) is 12.6 Å². The standard InChI is InChI=1S/C13H27N3O2/c1-10(2)16(9-13(14)17)6-5-15-7-11(3)18-12(4)8-15/h10-12H,5-9H2,1-4H3,(H2,14,17). The van der Waals surface area contributed by atoms with Gasteiger partial charge < -0.3 is 10.5 Å². The molecular formula is C13H27N3O2. The number of primary amides is 1. The van der Waals surface area contributed by atoms with Crippen molar-refractivity contribution in [2.75, 3.05) is 32.7 Å². The molecule has 1 aliphatic heterocycles. The Morgan fingerprint density at radius 1 is 1.39 bits per heavy atom. The molecule has 1 saturated heterocycles. The highest BCUT2D eigenvalue weighted by atomic mass is 16.5. The first kappa shape index (κ1) is 15.4. The van der Waals surface area contributed by atoms with Crippen molar-refractivity contribution in [1.29, 1.82) is 0 Å². The Bertz CT molecular complexity index is 261. The number of hydrogen-bond acceptors (Lipinski definition) is 4. The van der Waals surface area contributed by atoms with Gasteiger partial charge >= 0.3 is 0 Å². The van der Waals surface area contributed by atoms with Crippen molar-refractivity contribution in [3.05, 3.63) is 0 Å². The number of rotatable bonds is 6. The predicted octanol–water partition coefficient (Wildman–Crippen LogP) is 0.291. The molecule has 1 fully saturated rings. The zero-order chi connectivity index (χ0) is 13.7. The second kappa shape index (κ2) is 7.07. The van der Waals surface area contributed by atoms with E-state index < -0.39 is 0 Å². The van der Waals surface area contributed by atoms with Crippen LogP contribution in [0.5, 0.6) is 0 Å². The number of carbonyl (C=O) groups is 1. The number of nitrogens with zero attached hydrogens (tertiary/aromatic N) is 2. The summed E-state index contributed by atoms with van der Waals surface area (Å²) in [6.07, 6.45) is 0.579. The van der Waals surface area contributed by atoms with Crippen molar-refractivity contribution in [3.63, 3.8) is 0 Å². The quantitative estimate of drug-likeness (QED) is 0.743. The van der Waals surface area contributed by atoms with E-state index in [1.807, 2.05) is 0 Å². The maximum atomic E-state index is 11.0. The Morgan fingerprint density at radius 3 is 2.39 bits per heavy atom. The molecule has 0 aromatic rings. The van der Waals surface area contributed by atoms with Gasteiger partial charge in [-0.3, -0.25) is 14.6 Å². The Labute approximate surface area is 110 Å². The van der Waals surface area contributed by atoms with Crippen molar-refractivity contribution in [1.82, 2.24) is 9.80 Å². The zero-order valence-corrected chi connectivity index (χ0v) is 12.1. The Kier molecular flexibility index (Phi) is 6.05. The highest BCUT2D eigenvalue weighted by Crippen LogP contribution is 2.10. The van der Waals surface area contributed by atoms with Crippen LogP contribution in [0.15, 0.2) is 0 Å². The molecule has 2 unspecified atom stereocenters. The molecule has 0 aliphatic carbocycles. The van der Waals surface area contributed by atoms with Crippen molar-refractivity contribution < 1.29 is 9.53 Å². The van der Waals surface area contributed by atoms with Gasteiger partial charge in [0.15, 0.2) is 0 Å². The average molecular weight is 257 g/mol. The minimum absolute atomic E-state index is 0.257. The van der Waals surface area contributed by atoms with Gasteiger partial charge in [-0.1, -0.05) is 0 Å². The van der Waals surface area contributed by atoms with Gasteiger partial charge in [-0.2, -0.15) is 0 Å². The number of amides is 1. The summed E-state index contributed by atoms with van der Waals surface area (Å²) >= 11 is 0. The number of hydrogen-bond donors (Lipinski definition) is 1. The average Bonchev–Trinajstić information content (AvgIpc) is 2.21. The first-order valence-electron chi connectivity index (χ1n) is 6.78. The monoisotopic (exact) mass is 257 g/mol. The third-order valence-corrected chi connectivity index (χ3v) is 3.29. The first-order valence-corrected chi connectivity index (χ1v) is 6.78. The normalized spacial score (nSPS) is 25.9. The summed E-state index contributed by atoms with van der Waals surface area (Å²) in [5.41, 5.74) is 5.27. The Morgan fingerprint density at radius 2 is 1.94 bits per heavy atom. The van der Waals surface area contributed by atoms with E-state index >= 15 is 0 Å². The number of nitrogens with two attached hydrogens (primary N) is 1. The molecule has 0 saturated carbocycles. The molecule has 0 bridgehead atoms. The fourth-order valence-corrected chi connectivity index (χ4v) is 2.46. The maximum absolute atomic E-state index is 11.0. The van der Waals surface area contributed by atoms with E-state index in [9.17, 15) is 4.79 Å². The molecule has 5 nitrogen and oxygen atoms in total. The lowest BCUT2D eigenvalue weighted by molar-refractivity contribution is -0.119. The van der Waals surface area contributed by atoms with Crippen molar-refractivity contribution in [2.45, 2.75) is 45.9 Å². The van der Waals surface area contributed by atoms with Gasteiger partial charge in [-0.25, -0.2) is 0 Å². The van der Waals surface area contributed by atoms with E-state index in [1.54, 1.807) is 0 Å². The minimum Gasteiger partial charge on any atom is -0.373 e. The van der Waals surface area contributed by atoms with E-state index in [-0.39, 0.29) is 18.1 Å². The van der Waals surface area contributed by atoms with E-state index in [1.165, 1.54) is 0 Å². The lowest BCUT2D eigenvalue weighted by Crippen LogP contribution is -2.49. The molecule has 0 spiro atoms. The molecule has 1 rings (SSSR count). The number of morpholine rings is 1. The second-order valence-electron chi connectivity index (χ2n) is 5.55. The molecule has 1 aliphatic rings. The van der Waals surface area contributed by atoms with Crippen LogP contribution in [0.3, 0.4) is 0 Å². The zero-order valence-electron chi connectivity index (χ0n) is 12.1. The van der Waals surface area contributed by atoms with Gasteiger partial charge in [0.25, 0.3) is 0 Å². The fourth-order valence-electron chi connectivity index (χ4n) is 2.46. The summed E-state index contributed by atoms with van der Waals surface area (Å²) in [4.78, 5) is 15.5. The first-order chi connectivity index (χ1) is 8.38. The molecule has 0 aromatic carbocycles. The summed E-state index contributed by atoms with van der Waals surface area (Å²) < 4.78 is 5.71. The third kappa shape index (κ3) is 5.33. The molecular weight excluding hydrogens is 230 g/mol. The van der Waals surface area contributed by atoms with Gasteiger partial charge in [0.2, 0.25) is 5.91 Å². The summed E-state index contributed by atoms with van der Waals surface area (Å²) in [5, 5.41) is 0. The molecule has 2 N–H and O–H groups in total. The van der Waals surface area contributed by atoms with Gasteiger partial charge in [-0.05, 0) is 27.7 Å². The molecule has 5 heteroatoms. The number of ether oxygens (including phenoxy) is 1. The van der Waals surface area contributed by atoms with E-state index in [0.717, 1.165) is 26.2 Å². The summed E-state index contributed by atoms with van der Waals surface area (Å²) in [6, 6.07) is 0.341. The maximum Gasteiger partial charge on any atom is 0.231 e. The fraction of sp³-hybridized carbons (Fsp3) is 0.923. The van der Waals surface area contributed by atoms with E-state index in [4.69, 9.17) is 10.5 Å². The molecule has 18 heavy (non-hydrogen) atoms. The minimum atomic E-state index is -0.257. The summed E-state index contributed by atoms with van der Waals surface area (Å²) in [6.45, 7) is 12.5. The highest BCUT2D eigenvalue weighted by molar-refractivity contribution is 5.75. The largest absolute Gasteiger partial charge is 0.373 e. The van der Waals surface area contributed by atoms with E-state index in [2.05, 4.69) is 37.5 Å². The molecule has 1 heterocycles. The molecule has 2 atom stereocenters. The predicted molar refractivity (Wildman–Crippen MR) is 72.4 cm³/mol.